The van der Waals surface area contributed by atoms with Crippen LogP contribution in [0.15, 0.2) is 84.3 Å². The van der Waals surface area contributed by atoms with Crippen LogP contribution >= 0.6 is 0 Å². The number of methoxy groups -OCH3 is 1. The average Bonchev–Trinajstić information content (AvgIpc) is 2.83. The van der Waals surface area contributed by atoms with Gasteiger partial charge in [-0.1, -0.05) is 42.5 Å². The van der Waals surface area contributed by atoms with Crippen molar-refractivity contribution in [1.29, 1.82) is 0 Å². The van der Waals surface area contributed by atoms with Crippen molar-refractivity contribution in [3.8, 4) is 5.75 Å². The van der Waals surface area contributed by atoms with E-state index in [2.05, 4.69) is 17.4 Å². The minimum Gasteiger partial charge on any atom is -0.497 e. The van der Waals surface area contributed by atoms with Gasteiger partial charge in [0.1, 0.15) is 12.3 Å². The summed E-state index contributed by atoms with van der Waals surface area (Å²) in [5.41, 5.74) is 9.11. The highest BCUT2D eigenvalue weighted by Gasteiger charge is 2.27. The third-order valence-electron chi connectivity index (χ3n) is 5.05. The molecule has 0 aliphatic carbocycles. The van der Waals surface area contributed by atoms with Gasteiger partial charge in [0, 0.05) is 5.56 Å². The van der Waals surface area contributed by atoms with Crippen molar-refractivity contribution in [2.24, 2.45) is 0 Å². The van der Waals surface area contributed by atoms with Crippen LogP contribution in [0.25, 0.3) is 5.70 Å². The van der Waals surface area contributed by atoms with Crippen LogP contribution in [0.2, 0.25) is 0 Å². The van der Waals surface area contributed by atoms with Gasteiger partial charge in [0.25, 0.3) is 15.9 Å². The van der Waals surface area contributed by atoms with Crippen LogP contribution in [0.4, 0.5) is 5.69 Å². The van der Waals surface area contributed by atoms with Gasteiger partial charge in [0.05, 0.1) is 23.4 Å². The molecule has 0 fully saturated rings. The predicted molar refractivity (Wildman–Crippen MR) is 130 cm³/mol. The normalized spacial score (nSPS) is 10.9. The highest BCUT2D eigenvalue weighted by atomic mass is 32.2. The summed E-state index contributed by atoms with van der Waals surface area (Å²) in [5, 5.41) is 0. The largest absolute Gasteiger partial charge is 0.497 e. The van der Waals surface area contributed by atoms with E-state index in [0.717, 1.165) is 21.0 Å². The lowest BCUT2D eigenvalue weighted by molar-refractivity contribution is -0.120. The molecule has 3 aromatic carbocycles. The van der Waals surface area contributed by atoms with E-state index in [1.165, 1.54) is 19.2 Å². The molecule has 0 saturated carbocycles. The molecule has 0 aliphatic heterocycles. The van der Waals surface area contributed by atoms with Crippen LogP contribution in [-0.4, -0.2) is 28.0 Å². The van der Waals surface area contributed by atoms with Crippen LogP contribution in [0.1, 0.15) is 16.7 Å². The Hall–Kier alpha value is -3.78. The van der Waals surface area contributed by atoms with Crippen LogP contribution in [-0.2, 0) is 14.8 Å². The lowest BCUT2D eigenvalue weighted by Crippen LogP contribution is -2.45. The molecule has 1 amide bonds. The van der Waals surface area contributed by atoms with E-state index < -0.39 is 22.5 Å². The Bertz CT molecular complexity index is 1240. The first-order valence-electron chi connectivity index (χ1n) is 10.3. The summed E-state index contributed by atoms with van der Waals surface area (Å²) in [6, 6.07) is 20.4. The maximum atomic E-state index is 13.3. The number of hydrogen-bond acceptors (Lipinski definition) is 5. The molecule has 0 aromatic heterocycles. The second kappa shape index (κ2) is 10.2. The fourth-order valence-electron chi connectivity index (χ4n) is 3.23. The summed E-state index contributed by atoms with van der Waals surface area (Å²) in [6.07, 6.45) is 0. The fourth-order valence-corrected chi connectivity index (χ4v) is 4.67. The smallest absolute Gasteiger partial charge is 0.264 e. The average molecular weight is 466 g/mol. The van der Waals surface area contributed by atoms with Crippen LogP contribution < -0.4 is 19.9 Å². The van der Waals surface area contributed by atoms with Crippen LogP contribution in [0, 0.1) is 13.8 Å². The van der Waals surface area contributed by atoms with Crippen molar-refractivity contribution >= 4 is 27.3 Å². The number of nitrogens with one attached hydrogen (secondary N) is 2. The molecule has 0 saturated heterocycles. The third-order valence-corrected chi connectivity index (χ3v) is 6.84. The molecule has 0 aliphatic rings. The van der Waals surface area contributed by atoms with Crippen molar-refractivity contribution < 1.29 is 17.9 Å². The van der Waals surface area contributed by atoms with Gasteiger partial charge < -0.3 is 4.74 Å². The molecule has 0 atom stereocenters. The lowest BCUT2D eigenvalue weighted by Gasteiger charge is -2.24. The Morgan fingerprint density at radius 3 is 2.27 bits per heavy atom. The molecular weight excluding hydrogens is 438 g/mol. The minimum atomic E-state index is -3.99. The topological polar surface area (TPSA) is 87.7 Å². The minimum absolute atomic E-state index is 0.0846. The first-order chi connectivity index (χ1) is 15.7. The Morgan fingerprint density at radius 2 is 1.64 bits per heavy atom. The van der Waals surface area contributed by atoms with E-state index in [-0.39, 0.29) is 4.90 Å². The van der Waals surface area contributed by atoms with Gasteiger partial charge in [-0.2, -0.15) is 0 Å². The molecule has 0 radical (unpaired) electrons. The molecule has 172 valence electrons. The monoisotopic (exact) mass is 465 g/mol. The summed E-state index contributed by atoms with van der Waals surface area (Å²) in [5.74, 6) is 0.0310. The van der Waals surface area contributed by atoms with Crippen molar-refractivity contribution in [2.75, 3.05) is 18.0 Å². The SMILES string of the molecule is C=C(NNC(=O)CN(c1ccc(OC)cc1)S(=O)(=O)c1ccccc1)c1cc(C)ccc1C. The zero-order chi connectivity index (χ0) is 24.0. The summed E-state index contributed by atoms with van der Waals surface area (Å²) in [4.78, 5) is 12.9. The third kappa shape index (κ3) is 5.72. The van der Waals surface area contributed by atoms with E-state index in [0.29, 0.717) is 17.1 Å². The fraction of sp³-hybridized carbons (Fsp3) is 0.160. The second-order valence-electron chi connectivity index (χ2n) is 7.49. The van der Waals surface area contributed by atoms with Crippen LogP contribution in [0.5, 0.6) is 5.75 Å². The molecule has 3 aromatic rings. The number of rotatable bonds is 9. The predicted octanol–water partition coefficient (Wildman–Crippen LogP) is 3.80. The zero-order valence-corrected chi connectivity index (χ0v) is 19.6. The Morgan fingerprint density at radius 1 is 0.970 bits per heavy atom. The number of ether oxygens (including phenoxy) is 1. The molecule has 8 heteroatoms. The maximum absolute atomic E-state index is 13.3. The standard InChI is InChI=1S/C25H27N3O4S/c1-18-10-11-19(2)24(16-18)20(3)26-27-25(29)17-28(21-12-14-22(32-4)15-13-21)33(30,31)23-8-6-5-7-9-23/h5-16,26H,3,17H2,1-2,4H3,(H,27,29). The number of hydrazine groups is 1. The van der Waals surface area contributed by atoms with Crippen molar-refractivity contribution in [1.82, 2.24) is 10.9 Å². The molecule has 7 nitrogen and oxygen atoms in total. The van der Waals surface area contributed by atoms with Gasteiger partial charge in [0.15, 0.2) is 0 Å². The van der Waals surface area contributed by atoms with Gasteiger partial charge in [-0.25, -0.2) is 8.42 Å². The summed E-state index contributed by atoms with van der Waals surface area (Å²) in [6.45, 7) is 7.46. The van der Waals surface area contributed by atoms with Gasteiger partial charge in [-0.3, -0.25) is 20.0 Å². The number of nitrogens with zero attached hydrogens (tertiary/aromatic N) is 1. The molecular formula is C25H27N3O4S. The molecule has 0 bridgehead atoms. The number of sulfonamides is 1. The maximum Gasteiger partial charge on any atom is 0.264 e. The van der Waals surface area contributed by atoms with Crippen molar-refractivity contribution in [3.05, 3.63) is 96.1 Å². The quantitative estimate of drug-likeness (QED) is 0.470. The highest BCUT2D eigenvalue weighted by molar-refractivity contribution is 7.92. The van der Waals surface area contributed by atoms with E-state index in [1.54, 1.807) is 42.5 Å². The lowest BCUT2D eigenvalue weighted by atomic mass is 10.0. The summed E-state index contributed by atoms with van der Waals surface area (Å²) >= 11 is 0. The Kier molecular flexibility index (Phi) is 7.40. The van der Waals surface area contributed by atoms with E-state index in [9.17, 15) is 13.2 Å². The van der Waals surface area contributed by atoms with Crippen LogP contribution in [0.3, 0.4) is 0 Å². The molecule has 0 spiro atoms. The molecule has 0 unspecified atom stereocenters. The first-order valence-corrected chi connectivity index (χ1v) is 11.7. The second-order valence-corrected chi connectivity index (χ2v) is 9.36. The summed E-state index contributed by atoms with van der Waals surface area (Å²) in [7, 11) is -2.47. The van der Waals surface area contributed by atoms with Gasteiger partial charge in [0.2, 0.25) is 0 Å². The first kappa shape index (κ1) is 23.9. The Labute approximate surface area is 194 Å². The van der Waals surface area contributed by atoms with E-state index >= 15 is 0 Å². The number of benzene rings is 3. The number of aryl methyl sites for hydroxylation is 2. The molecule has 0 heterocycles. The molecule has 33 heavy (non-hydrogen) atoms. The van der Waals surface area contributed by atoms with Gasteiger partial charge >= 0.3 is 0 Å². The van der Waals surface area contributed by atoms with Gasteiger partial charge in [-0.15, -0.1) is 0 Å². The number of carbonyl (C=O) groups is 1. The zero-order valence-electron chi connectivity index (χ0n) is 18.8. The summed E-state index contributed by atoms with van der Waals surface area (Å²) < 4.78 is 32.9. The van der Waals surface area contributed by atoms with Gasteiger partial charge in [-0.05, 0) is 61.9 Å². The van der Waals surface area contributed by atoms with E-state index in [4.69, 9.17) is 4.74 Å². The number of hydrogen-bond donors (Lipinski definition) is 2. The number of carbonyl (C=O) groups excluding carboxylic acids is 1. The highest BCUT2D eigenvalue weighted by Crippen LogP contribution is 2.25. The van der Waals surface area contributed by atoms with Crippen molar-refractivity contribution in [2.45, 2.75) is 18.7 Å². The molecule has 2 N–H and O–H groups in total. The Balaban J connectivity index is 1.81. The molecule has 3 rings (SSSR count). The van der Waals surface area contributed by atoms with Crippen molar-refractivity contribution in [3.63, 3.8) is 0 Å². The number of amides is 1. The van der Waals surface area contributed by atoms with E-state index in [1.807, 2.05) is 32.0 Å². The number of anilines is 1.